The van der Waals surface area contributed by atoms with Crippen LogP contribution in [-0.2, 0) is 0 Å². The highest BCUT2D eigenvalue weighted by Crippen LogP contribution is 2.42. The van der Waals surface area contributed by atoms with Gasteiger partial charge in [0.05, 0.1) is 7.11 Å². The summed E-state index contributed by atoms with van der Waals surface area (Å²) in [5.41, 5.74) is 0. The summed E-state index contributed by atoms with van der Waals surface area (Å²) in [6.07, 6.45) is 0. The summed E-state index contributed by atoms with van der Waals surface area (Å²) in [5, 5.41) is 23.2. The quantitative estimate of drug-likeness (QED) is 0.506. The van der Waals surface area contributed by atoms with Crippen LogP contribution in [0.15, 0.2) is 42.5 Å². The fraction of sp³-hybridized carbons (Fsp3) is 0.0667. The molecule has 0 unspecified atom stereocenters. The molecule has 2 N–H and O–H groups in total. The van der Waals surface area contributed by atoms with Gasteiger partial charge in [-0.3, -0.25) is 0 Å². The minimum atomic E-state index is -0.222. The van der Waals surface area contributed by atoms with E-state index in [9.17, 15) is 10.2 Å². The number of hydrogen-bond donors (Lipinski definition) is 2. The zero-order valence-electron chi connectivity index (χ0n) is 9.84. The van der Waals surface area contributed by atoms with Crippen molar-refractivity contribution in [1.29, 1.82) is 0 Å². The van der Waals surface area contributed by atoms with Crippen LogP contribution in [0.25, 0.3) is 21.5 Å². The van der Waals surface area contributed by atoms with E-state index < -0.39 is 0 Å². The second kappa shape index (κ2) is 3.81. The molecule has 3 aromatic rings. The van der Waals surface area contributed by atoms with Crippen molar-refractivity contribution < 1.29 is 14.9 Å². The van der Waals surface area contributed by atoms with Crippen molar-refractivity contribution >= 4 is 21.5 Å². The second-order valence-electron chi connectivity index (χ2n) is 4.20. The number of hydrogen-bond acceptors (Lipinski definition) is 3. The standard InChI is InChI=1S/C15H12O3/c1-18-15-12-7-10-5-3-2-4-9(10)6-11(12)8-13(16)14(15)17/h2-8,16-17H,1H3. The van der Waals surface area contributed by atoms with Gasteiger partial charge in [-0.2, -0.15) is 0 Å². The van der Waals surface area contributed by atoms with Gasteiger partial charge in [0.25, 0.3) is 0 Å². The first-order valence-electron chi connectivity index (χ1n) is 5.62. The van der Waals surface area contributed by atoms with Gasteiger partial charge in [-0.15, -0.1) is 0 Å². The molecule has 0 bridgehead atoms. The van der Waals surface area contributed by atoms with Gasteiger partial charge in [0.1, 0.15) is 0 Å². The van der Waals surface area contributed by atoms with Crippen molar-refractivity contribution in [2.24, 2.45) is 0 Å². The Hall–Kier alpha value is -2.42. The van der Waals surface area contributed by atoms with Crippen LogP contribution >= 0.6 is 0 Å². The molecule has 3 nitrogen and oxygen atoms in total. The monoisotopic (exact) mass is 240 g/mol. The lowest BCUT2D eigenvalue weighted by molar-refractivity contribution is 0.355. The largest absolute Gasteiger partial charge is 0.504 e. The minimum absolute atomic E-state index is 0.172. The van der Waals surface area contributed by atoms with Gasteiger partial charge >= 0.3 is 0 Å². The molecule has 0 aromatic heterocycles. The molecular weight excluding hydrogens is 228 g/mol. The van der Waals surface area contributed by atoms with Crippen molar-refractivity contribution in [2.45, 2.75) is 0 Å². The second-order valence-corrected chi connectivity index (χ2v) is 4.20. The Labute approximate surface area is 104 Å². The molecule has 90 valence electrons. The molecule has 0 heterocycles. The summed E-state index contributed by atoms with van der Waals surface area (Å²) in [6, 6.07) is 13.4. The van der Waals surface area contributed by atoms with Crippen LogP contribution in [0, 0.1) is 0 Å². The molecule has 3 aromatic carbocycles. The number of ether oxygens (including phenoxy) is 1. The zero-order chi connectivity index (χ0) is 12.7. The van der Waals surface area contributed by atoms with Gasteiger partial charge in [0.2, 0.25) is 5.75 Å². The molecule has 3 heteroatoms. The summed E-state index contributed by atoms with van der Waals surface area (Å²) in [7, 11) is 1.48. The summed E-state index contributed by atoms with van der Waals surface area (Å²) >= 11 is 0. The van der Waals surface area contributed by atoms with Crippen molar-refractivity contribution in [1.82, 2.24) is 0 Å². The molecule has 0 amide bonds. The van der Waals surface area contributed by atoms with Crippen LogP contribution in [0.4, 0.5) is 0 Å². The lowest BCUT2D eigenvalue weighted by Crippen LogP contribution is -1.87. The fourth-order valence-corrected chi connectivity index (χ4v) is 2.24. The summed E-state index contributed by atoms with van der Waals surface area (Å²) in [5.74, 6) is -0.0920. The van der Waals surface area contributed by atoms with Gasteiger partial charge in [-0.05, 0) is 34.4 Å². The first kappa shape index (κ1) is 10.7. The van der Waals surface area contributed by atoms with Crippen LogP contribution in [0.1, 0.15) is 0 Å². The molecule has 0 aliphatic carbocycles. The van der Waals surface area contributed by atoms with Gasteiger partial charge in [-0.1, -0.05) is 24.3 Å². The van der Waals surface area contributed by atoms with Crippen LogP contribution < -0.4 is 4.74 Å². The van der Waals surface area contributed by atoms with Gasteiger partial charge in [-0.25, -0.2) is 0 Å². The Bertz CT molecular complexity index is 747. The van der Waals surface area contributed by atoms with Crippen LogP contribution in [-0.4, -0.2) is 17.3 Å². The van der Waals surface area contributed by atoms with E-state index in [2.05, 4.69) is 0 Å². The zero-order valence-corrected chi connectivity index (χ0v) is 9.84. The lowest BCUT2D eigenvalue weighted by Gasteiger charge is -2.10. The van der Waals surface area contributed by atoms with Crippen LogP contribution in [0.5, 0.6) is 17.2 Å². The van der Waals surface area contributed by atoms with Gasteiger partial charge < -0.3 is 14.9 Å². The van der Waals surface area contributed by atoms with E-state index in [-0.39, 0.29) is 11.5 Å². The highest BCUT2D eigenvalue weighted by atomic mass is 16.5. The summed E-state index contributed by atoms with van der Waals surface area (Å²) in [4.78, 5) is 0. The Morgan fingerprint density at radius 1 is 0.889 bits per heavy atom. The number of benzene rings is 3. The molecule has 3 rings (SSSR count). The molecule has 0 fully saturated rings. The van der Waals surface area contributed by atoms with E-state index in [4.69, 9.17) is 4.74 Å². The van der Waals surface area contributed by atoms with Crippen molar-refractivity contribution in [3.05, 3.63) is 42.5 Å². The third kappa shape index (κ3) is 1.44. The molecular formula is C15H12O3. The van der Waals surface area contributed by atoms with Crippen LogP contribution in [0.3, 0.4) is 0 Å². The number of aromatic hydroxyl groups is 2. The maximum absolute atomic E-state index is 9.79. The maximum Gasteiger partial charge on any atom is 0.201 e. The molecule has 0 saturated heterocycles. The Morgan fingerprint density at radius 2 is 1.56 bits per heavy atom. The lowest BCUT2D eigenvalue weighted by atomic mass is 10.0. The van der Waals surface area contributed by atoms with E-state index in [0.717, 1.165) is 21.5 Å². The van der Waals surface area contributed by atoms with Crippen LogP contribution in [0.2, 0.25) is 0 Å². The first-order chi connectivity index (χ1) is 8.70. The Kier molecular flexibility index (Phi) is 2.27. The van der Waals surface area contributed by atoms with Crippen molar-refractivity contribution in [3.63, 3.8) is 0 Å². The maximum atomic E-state index is 9.79. The van der Waals surface area contributed by atoms with E-state index in [1.54, 1.807) is 6.07 Å². The van der Waals surface area contributed by atoms with E-state index in [1.165, 1.54) is 7.11 Å². The summed E-state index contributed by atoms with van der Waals surface area (Å²) < 4.78 is 5.18. The third-order valence-corrected chi connectivity index (χ3v) is 3.12. The topological polar surface area (TPSA) is 49.7 Å². The normalized spacial score (nSPS) is 10.9. The van der Waals surface area contributed by atoms with Crippen molar-refractivity contribution in [2.75, 3.05) is 7.11 Å². The number of fused-ring (bicyclic) bond motifs is 2. The van der Waals surface area contributed by atoms with Gasteiger partial charge in [0.15, 0.2) is 11.5 Å². The SMILES string of the molecule is COc1c(O)c(O)cc2cc3ccccc3cc12. The molecule has 0 saturated carbocycles. The molecule has 0 spiro atoms. The molecule has 0 aliphatic rings. The highest BCUT2D eigenvalue weighted by molar-refractivity contribution is 6.02. The van der Waals surface area contributed by atoms with E-state index in [1.807, 2.05) is 36.4 Å². The Balaban J connectivity index is 2.50. The van der Waals surface area contributed by atoms with E-state index in [0.29, 0.717) is 5.75 Å². The molecule has 0 radical (unpaired) electrons. The summed E-state index contributed by atoms with van der Waals surface area (Å²) in [6.45, 7) is 0. The Morgan fingerprint density at radius 3 is 2.22 bits per heavy atom. The predicted octanol–water partition coefficient (Wildman–Crippen LogP) is 3.41. The molecule has 0 aliphatic heterocycles. The average molecular weight is 240 g/mol. The predicted molar refractivity (Wildman–Crippen MR) is 71.3 cm³/mol. The molecule has 18 heavy (non-hydrogen) atoms. The fourth-order valence-electron chi connectivity index (χ4n) is 2.24. The number of rotatable bonds is 1. The van der Waals surface area contributed by atoms with E-state index >= 15 is 0 Å². The minimum Gasteiger partial charge on any atom is -0.504 e. The number of phenols is 2. The van der Waals surface area contributed by atoms with Gasteiger partial charge in [0, 0.05) is 5.39 Å². The molecule has 0 atom stereocenters. The number of methoxy groups -OCH3 is 1. The van der Waals surface area contributed by atoms with Crippen molar-refractivity contribution in [3.8, 4) is 17.2 Å². The first-order valence-corrected chi connectivity index (χ1v) is 5.62. The smallest absolute Gasteiger partial charge is 0.201 e. The third-order valence-electron chi connectivity index (χ3n) is 3.12. The average Bonchev–Trinajstić information content (AvgIpc) is 2.38. The highest BCUT2D eigenvalue weighted by Gasteiger charge is 2.13. The number of phenolic OH excluding ortho intramolecular Hbond substituents is 2.